The van der Waals surface area contributed by atoms with E-state index in [-0.39, 0.29) is 0 Å². The van der Waals surface area contributed by atoms with Gasteiger partial charge in [0.05, 0.1) is 10.4 Å². The molecular weight excluding hydrogens is 404 g/mol. The molecule has 0 unspecified atom stereocenters. The fourth-order valence-corrected chi connectivity index (χ4v) is 5.25. The monoisotopic (exact) mass is 430 g/mol. The van der Waals surface area contributed by atoms with Gasteiger partial charge in [0.2, 0.25) is 0 Å². The molecule has 0 atom stereocenters. The Kier molecular flexibility index (Phi) is 4.76. The van der Waals surface area contributed by atoms with Gasteiger partial charge in [0.1, 0.15) is 0 Å². The predicted molar refractivity (Wildman–Crippen MR) is 127 cm³/mol. The van der Waals surface area contributed by atoms with Crippen molar-refractivity contribution in [2.24, 2.45) is 0 Å². The van der Waals surface area contributed by atoms with E-state index in [4.69, 9.17) is 0 Å². The van der Waals surface area contributed by atoms with E-state index in [0.29, 0.717) is 4.90 Å². The van der Waals surface area contributed by atoms with Crippen LogP contribution in [0.3, 0.4) is 0 Å². The van der Waals surface area contributed by atoms with Gasteiger partial charge in [-0.2, -0.15) is 0 Å². The third-order valence-electron chi connectivity index (χ3n) is 6.21. The Morgan fingerprint density at radius 2 is 1.68 bits per heavy atom. The van der Waals surface area contributed by atoms with Crippen LogP contribution >= 0.6 is 0 Å². The summed E-state index contributed by atoms with van der Waals surface area (Å²) in [6.07, 6.45) is 2.26. The summed E-state index contributed by atoms with van der Waals surface area (Å²) >= 11 is 0. The highest BCUT2D eigenvalue weighted by Crippen LogP contribution is 2.35. The summed E-state index contributed by atoms with van der Waals surface area (Å²) < 4.78 is 26.0. The number of aromatic nitrogens is 1. The van der Waals surface area contributed by atoms with Gasteiger partial charge in [0.15, 0.2) is 9.84 Å². The fraction of sp³-hybridized carbons (Fsp3) is 0.231. The minimum absolute atomic E-state index is 0.345. The summed E-state index contributed by atoms with van der Waals surface area (Å²) in [6.45, 7) is 4.17. The quantitative estimate of drug-likeness (QED) is 0.459. The van der Waals surface area contributed by atoms with Crippen LogP contribution in [0.4, 0.5) is 0 Å². The van der Waals surface area contributed by atoms with Crippen LogP contribution in [0.15, 0.2) is 71.6 Å². The molecule has 158 valence electrons. The van der Waals surface area contributed by atoms with Gasteiger partial charge in [0, 0.05) is 42.5 Å². The van der Waals surface area contributed by atoms with Gasteiger partial charge in [-0.1, -0.05) is 35.9 Å². The van der Waals surface area contributed by atoms with Gasteiger partial charge in [0.25, 0.3) is 0 Å². The maximum atomic E-state index is 11.8. The summed E-state index contributed by atoms with van der Waals surface area (Å²) in [6, 6.07) is 22.4. The van der Waals surface area contributed by atoms with E-state index in [1.165, 1.54) is 34.0 Å². The summed E-state index contributed by atoms with van der Waals surface area (Å²) in [7, 11) is -1.01. The summed E-state index contributed by atoms with van der Waals surface area (Å²) in [5, 5.41) is 1.34. The third-order valence-corrected chi connectivity index (χ3v) is 7.34. The molecule has 0 aliphatic carbocycles. The number of fused-ring (bicyclic) bond motifs is 3. The molecule has 1 aliphatic heterocycles. The predicted octanol–water partition coefficient (Wildman–Crippen LogP) is 5.00. The molecule has 0 saturated heterocycles. The molecule has 2 heterocycles. The SMILES string of the molecule is Cc1ccc2c(c1)c1c(n2-c2cccc(-c3ccc(S(C)(=O)=O)cc3)c2)CCN(C)C1. The molecule has 3 aromatic carbocycles. The number of hydrogen-bond acceptors (Lipinski definition) is 3. The van der Waals surface area contributed by atoms with Gasteiger partial charge in [-0.15, -0.1) is 0 Å². The number of sulfone groups is 1. The third kappa shape index (κ3) is 3.58. The van der Waals surface area contributed by atoms with Crippen LogP contribution < -0.4 is 0 Å². The van der Waals surface area contributed by atoms with Gasteiger partial charge >= 0.3 is 0 Å². The summed E-state index contributed by atoms with van der Waals surface area (Å²) in [5.74, 6) is 0. The smallest absolute Gasteiger partial charge is 0.175 e. The molecule has 0 amide bonds. The van der Waals surface area contributed by atoms with E-state index in [2.05, 4.69) is 65.9 Å². The van der Waals surface area contributed by atoms with Crippen LogP contribution in [-0.2, 0) is 22.8 Å². The summed E-state index contributed by atoms with van der Waals surface area (Å²) in [4.78, 5) is 2.73. The molecule has 1 aromatic heterocycles. The first-order valence-corrected chi connectivity index (χ1v) is 12.4. The Hall–Kier alpha value is -2.89. The standard InChI is InChI=1S/C26H26N2O2S/c1-18-7-12-25-23(15-18)24-17-27(2)14-13-26(24)28(25)21-6-4-5-20(16-21)19-8-10-22(11-9-19)31(3,29)30/h4-12,15-16H,13-14,17H2,1-3H3. The van der Waals surface area contributed by atoms with Crippen LogP contribution in [0.25, 0.3) is 27.7 Å². The molecule has 5 rings (SSSR count). The number of rotatable bonds is 3. The van der Waals surface area contributed by atoms with Crippen molar-refractivity contribution in [1.29, 1.82) is 0 Å². The van der Waals surface area contributed by atoms with Crippen molar-refractivity contribution in [2.45, 2.75) is 24.8 Å². The average Bonchev–Trinajstić information content (AvgIpc) is 3.06. The first kappa shape index (κ1) is 20.0. The second-order valence-electron chi connectivity index (χ2n) is 8.62. The Morgan fingerprint density at radius 1 is 0.903 bits per heavy atom. The minimum Gasteiger partial charge on any atom is -0.313 e. The Bertz CT molecular complexity index is 1400. The lowest BCUT2D eigenvalue weighted by atomic mass is 10.0. The first-order valence-electron chi connectivity index (χ1n) is 10.5. The van der Waals surface area contributed by atoms with Gasteiger partial charge in [-0.25, -0.2) is 8.42 Å². The lowest BCUT2D eigenvalue weighted by molar-refractivity contribution is 0.311. The van der Waals surface area contributed by atoms with E-state index in [9.17, 15) is 8.42 Å². The van der Waals surface area contributed by atoms with Crippen LogP contribution in [0.5, 0.6) is 0 Å². The average molecular weight is 431 g/mol. The maximum Gasteiger partial charge on any atom is 0.175 e. The minimum atomic E-state index is -3.20. The molecule has 4 aromatic rings. The number of aryl methyl sites for hydroxylation is 1. The van der Waals surface area contributed by atoms with E-state index in [1.54, 1.807) is 12.1 Å². The lowest BCUT2D eigenvalue weighted by Crippen LogP contribution is -2.27. The normalized spacial score (nSPS) is 14.7. The topological polar surface area (TPSA) is 42.3 Å². The highest BCUT2D eigenvalue weighted by molar-refractivity contribution is 7.90. The molecule has 1 aliphatic rings. The second kappa shape index (κ2) is 7.36. The van der Waals surface area contributed by atoms with Gasteiger partial charge < -0.3 is 9.47 Å². The maximum absolute atomic E-state index is 11.8. The number of nitrogens with zero attached hydrogens (tertiary/aromatic N) is 2. The van der Waals surface area contributed by atoms with Gasteiger partial charge in [-0.3, -0.25) is 0 Å². The van der Waals surface area contributed by atoms with Gasteiger partial charge in [-0.05, 0) is 67.1 Å². The second-order valence-corrected chi connectivity index (χ2v) is 10.6. The number of likely N-dealkylation sites (N-methyl/N-ethyl adjacent to an activating group) is 1. The van der Waals surface area contributed by atoms with Crippen molar-refractivity contribution in [1.82, 2.24) is 9.47 Å². The molecule has 0 saturated carbocycles. The van der Waals surface area contributed by atoms with Crippen LogP contribution in [0.2, 0.25) is 0 Å². The molecule has 0 N–H and O–H groups in total. The van der Waals surface area contributed by atoms with Crippen molar-refractivity contribution >= 4 is 20.7 Å². The molecular formula is C26H26N2O2S. The van der Waals surface area contributed by atoms with Crippen molar-refractivity contribution in [3.05, 3.63) is 83.6 Å². The van der Waals surface area contributed by atoms with Crippen LogP contribution in [-0.4, -0.2) is 37.7 Å². The molecule has 31 heavy (non-hydrogen) atoms. The highest BCUT2D eigenvalue weighted by atomic mass is 32.2. The lowest BCUT2D eigenvalue weighted by Gasteiger charge is -2.24. The largest absolute Gasteiger partial charge is 0.313 e. The fourth-order valence-electron chi connectivity index (χ4n) is 4.62. The zero-order chi connectivity index (χ0) is 21.8. The van der Waals surface area contributed by atoms with Crippen LogP contribution in [0.1, 0.15) is 16.8 Å². The summed E-state index contributed by atoms with van der Waals surface area (Å²) in [5.41, 5.74) is 8.57. The molecule has 0 radical (unpaired) electrons. The molecule has 0 spiro atoms. The molecule has 4 nitrogen and oxygen atoms in total. The van der Waals surface area contributed by atoms with Crippen molar-refractivity contribution in [2.75, 3.05) is 19.8 Å². The highest BCUT2D eigenvalue weighted by Gasteiger charge is 2.23. The van der Waals surface area contributed by atoms with Crippen molar-refractivity contribution < 1.29 is 8.42 Å². The van der Waals surface area contributed by atoms with E-state index in [1.807, 2.05) is 12.1 Å². The Morgan fingerprint density at radius 3 is 2.42 bits per heavy atom. The van der Waals surface area contributed by atoms with E-state index >= 15 is 0 Å². The number of benzene rings is 3. The van der Waals surface area contributed by atoms with E-state index < -0.39 is 9.84 Å². The number of hydrogen-bond donors (Lipinski definition) is 0. The molecule has 0 bridgehead atoms. The first-order chi connectivity index (χ1) is 14.8. The molecule has 5 heteroatoms. The van der Waals surface area contributed by atoms with Crippen LogP contribution in [0, 0.1) is 6.92 Å². The van der Waals surface area contributed by atoms with Crippen molar-refractivity contribution in [3.63, 3.8) is 0 Å². The van der Waals surface area contributed by atoms with E-state index in [0.717, 1.165) is 36.3 Å². The zero-order valence-corrected chi connectivity index (χ0v) is 18.9. The Labute approximate surface area is 183 Å². The molecule has 0 fully saturated rings. The van der Waals surface area contributed by atoms with Crippen molar-refractivity contribution in [3.8, 4) is 16.8 Å². The zero-order valence-electron chi connectivity index (χ0n) is 18.1. The Balaban J connectivity index is 1.66.